The fourth-order valence-corrected chi connectivity index (χ4v) is 3.68. The average molecular weight is 235 g/mol. The van der Waals surface area contributed by atoms with Crippen LogP contribution in [0.5, 0.6) is 0 Å². The third-order valence-electron chi connectivity index (χ3n) is 4.83. The molecule has 2 heteroatoms. The second-order valence-corrected chi connectivity index (χ2v) is 6.13. The summed E-state index contributed by atoms with van der Waals surface area (Å²) in [5, 5.41) is 0. The van der Waals surface area contributed by atoms with Crippen molar-refractivity contribution in [2.45, 2.75) is 45.1 Å². The standard InChI is InChI=1S/C15H25NO/c1-12-5-6-13-9-14(12)15(17-11-13)10-16-7-3-2-4-8-16/h5,13-15H,2-4,6-11H2,1H3/t13-,14-,15+/m1/s1. The number of ether oxygens (including phenoxy) is 1. The largest absolute Gasteiger partial charge is 0.376 e. The number of fused-ring (bicyclic) bond motifs is 2. The summed E-state index contributed by atoms with van der Waals surface area (Å²) in [6.07, 6.45) is 9.75. The Morgan fingerprint density at radius 2 is 2.12 bits per heavy atom. The Bertz CT molecular complexity index is 293. The van der Waals surface area contributed by atoms with E-state index in [1.165, 1.54) is 51.7 Å². The molecule has 0 saturated carbocycles. The second kappa shape index (κ2) is 5.11. The van der Waals surface area contributed by atoms with E-state index in [0.717, 1.165) is 12.5 Å². The first-order chi connectivity index (χ1) is 8.33. The van der Waals surface area contributed by atoms with Crippen molar-refractivity contribution >= 4 is 0 Å². The van der Waals surface area contributed by atoms with Gasteiger partial charge in [-0.05, 0) is 51.6 Å². The minimum Gasteiger partial charge on any atom is -0.376 e. The predicted molar refractivity (Wildman–Crippen MR) is 70.0 cm³/mol. The Morgan fingerprint density at radius 3 is 2.94 bits per heavy atom. The molecule has 3 rings (SSSR count). The van der Waals surface area contributed by atoms with Crippen molar-refractivity contribution in [3.8, 4) is 0 Å². The van der Waals surface area contributed by atoms with Gasteiger partial charge in [-0.2, -0.15) is 0 Å². The molecule has 17 heavy (non-hydrogen) atoms. The Hall–Kier alpha value is -0.340. The number of allylic oxidation sites excluding steroid dienone is 1. The van der Waals surface area contributed by atoms with E-state index in [1.807, 2.05) is 0 Å². The first kappa shape index (κ1) is 11.7. The summed E-state index contributed by atoms with van der Waals surface area (Å²) < 4.78 is 6.14. The lowest BCUT2D eigenvalue weighted by Crippen LogP contribution is -2.45. The Balaban J connectivity index is 1.62. The van der Waals surface area contributed by atoms with Crippen molar-refractivity contribution in [3.05, 3.63) is 11.6 Å². The zero-order valence-corrected chi connectivity index (χ0v) is 11.0. The number of piperidine rings is 1. The molecule has 1 aliphatic carbocycles. The molecule has 2 nitrogen and oxygen atoms in total. The minimum absolute atomic E-state index is 0.473. The molecule has 2 bridgehead atoms. The van der Waals surface area contributed by atoms with Crippen molar-refractivity contribution in [1.29, 1.82) is 0 Å². The second-order valence-electron chi connectivity index (χ2n) is 6.13. The van der Waals surface area contributed by atoms with Crippen LogP contribution < -0.4 is 0 Å². The van der Waals surface area contributed by atoms with Gasteiger partial charge in [0.25, 0.3) is 0 Å². The first-order valence-electron chi connectivity index (χ1n) is 7.33. The third kappa shape index (κ3) is 2.58. The molecule has 0 radical (unpaired) electrons. The Labute approximate surface area is 105 Å². The molecule has 0 aromatic heterocycles. The van der Waals surface area contributed by atoms with E-state index in [4.69, 9.17) is 4.74 Å². The van der Waals surface area contributed by atoms with Gasteiger partial charge in [0.15, 0.2) is 0 Å². The normalized spacial score (nSPS) is 38.9. The Kier molecular flexibility index (Phi) is 3.53. The maximum atomic E-state index is 6.14. The number of hydrogen-bond acceptors (Lipinski definition) is 2. The summed E-state index contributed by atoms with van der Waals surface area (Å²) in [6, 6.07) is 0. The van der Waals surface area contributed by atoms with E-state index in [0.29, 0.717) is 12.0 Å². The van der Waals surface area contributed by atoms with Crippen LogP contribution in [0.3, 0.4) is 0 Å². The highest BCUT2D eigenvalue weighted by Crippen LogP contribution is 2.37. The molecular weight excluding hydrogens is 210 g/mol. The van der Waals surface area contributed by atoms with E-state index in [1.54, 1.807) is 5.57 Å². The van der Waals surface area contributed by atoms with Gasteiger partial charge in [-0.1, -0.05) is 18.1 Å². The van der Waals surface area contributed by atoms with Gasteiger partial charge in [-0.15, -0.1) is 0 Å². The van der Waals surface area contributed by atoms with Crippen LogP contribution in [-0.4, -0.2) is 37.2 Å². The van der Waals surface area contributed by atoms with E-state index < -0.39 is 0 Å². The summed E-state index contributed by atoms with van der Waals surface area (Å²) in [7, 11) is 0. The topological polar surface area (TPSA) is 12.5 Å². The molecule has 3 aliphatic rings. The van der Waals surface area contributed by atoms with Crippen LogP contribution in [0.4, 0.5) is 0 Å². The van der Waals surface area contributed by atoms with Gasteiger partial charge < -0.3 is 9.64 Å². The molecule has 0 spiro atoms. The fraction of sp³-hybridized carbons (Fsp3) is 0.867. The molecule has 0 N–H and O–H groups in total. The number of likely N-dealkylation sites (tertiary alicyclic amines) is 1. The van der Waals surface area contributed by atoms with E-state index in [-0.39, 0.29) is 0 Å². The van der Waals surface area contributed by atoms with Gasteiger partial charge in [0, 0.05) is 12.5 Å². The highest BCUT2D eigenvalue weighted by atomic mass is 16.5. The van der Waals surface area contributed by atoms with Crippen LogP contribution in [0.1, 0.15) is 39.0 Å². The molecule has 2 fully saturated rings. The van der Waals surface area contributed by atoms with Crippen molar-refractivity contribution in [3.63, 3.8) is 0 Å². The summed E-state index contributed by atoms with van der Waals surface area (Å²) in [6.45, 7) is 7.05. The zero-order chi connectivity index (χ0) is 11.7. The molecule has 2 heterocycles. The van der Waals surface area contributed by atoms with Crippen LogP contribution in [0, 0.1) is 11.8 Å². The Morgan fingerprint density at radius 1 is 1.29 bits per heavy atom. The molecule has 2 saturated heterocycles. The zero-order valence-electron chi connectivity index (χ0n) is 11.0. The van der Waals surface area contributed by atoms with Gasteiger partial charge in [0.1, 0.15) is 0 Å². The van der Waals surface area contributed by atoms with Crippen molar-refractivity contribution < 1.29 is 4.74 Å². The van der Waals surface area contributed by atoms with Gasteiger partial charge >= 0.3 is 0 Å². The molecule has 0 aromatic rings. The highest BCUT2D eigenvalue weighted by molar-refractivity contribution is 5.12. The van der Waals surface area contributed by atoms with Gasteiger partial charge in [0.2, 0.25) is 0 Å². The molecular formula is C15H25NO. The summed E-state index contributed by atoms with van der Waals surface area (Å²) in [5.41, 5.74) is 1.59. The van der Waals surface area contributed by atoms with E-state index >= 15 is 0 Å². The van der Waals surface area contributed by atoms with Crippen LogP contribution in [0.25, 0.3) is 0 Å². The van der Waals surface area contributed by atoms with Crippen molar-refractivity contribution in [1.82, 2.24) is 4.90 Å². The van der Waals surface area contributed by atoms with Crippen LogP contribution >= 0.6 is 0 Å². The maximum absolute atomic E-state index is 6.14. The SMILES string of the molecule is CC1=CC[C@H]2CO[C@@H](CN3CCCCC3)[C@@H]1C2. The lowest BCUT2D eigenvalue weighted by Gasteiger charge is -2.42. The molecule has 0 aromatic carbocycles. The van der Waals surface area contributed by atoms with Gasteiger partial charge in [-0.25, -0.2) is 0 Å². The summed E-state index contributed by atoms with van der Waals surface area (Å²) in [4.78, 5) is 2.62. The molecule has 2 aliphatic heterocycles. The number of hydrogen-bond donors (Lipinski definition) is 0. The minimum atomic E-state index is 0.473. The van der Waals surface area contributed by atoms with E-state index in [9.17, 15) is 0 Å². The van der Waals surface area contributed by atoms with E-state index in [2.05, 4.69) is 17.9 Å². The maximum Gasteiger partial charge on any atom is 0.0767 e. The predicted octanol–water partition coefficient (Wildman–Crippen LogP) is 2.84. The van der Waals surface area contributed by atoms with Crippen molar-refractivity contribution in [2.75, 3.05) is 26.2 Å². The van der Waals surface area contributed by atoms with Gasteiger partial charge in [-0.3, -0.25) is 0 Å². The van der Waals surface area contributed by atoms with Crippen LogP contribution in [0.2, 0.25) is 0 Å². The lowest BCUT2D eigenvalue weighted by molar-refractivity contribution is -0.0650. The van der Waals surface area contributed by atoms with Crippen molar-refractivity contribution in [2.24, 2.45) is 11.8 Å². The van der Waals surface area contributed by atoms with Gasteiger partial charge in [0.05, 0.1) is 12.7 Å². The quantitative estimate of drug-likeness (QED) is 0.682. The smallest absolute Gasteiger partial charge is 0.0767 e. The van der Waals surface area contributed by atoms with Crippen LogP contribution in [-0.2, 0) is 4.74 Å². The number of rotatable bonds is 2. The summed E-state index contributed by atoms with van der Waals surface area (Å²) in [5.74, 6) is 1.52. The third-order valence-corrected chi connectivity index (χ3v) is 4.83. The molecule has 0 amide bonds. The summed E-state index contributed by atoms with van der Waals surface area (Å²) >= 11 is 0. The molecule has 96 valence electrons. The highest BCUT2D eigenvalue weighted by Gasteiger charge is 2.35. The average Bonchev–Trinajstić information content (AvgIpc) is 2.38. The monoisotopic (exact) mass is 235 g/mol. The fourth-order valence-electron chi connectivity index (χ4n) is 3.68. The number of nitrogens with zero attached hydrogens (tertiary/aromatic N) is 1. The van der Waals surface area contributed by atoms with Crippen LogP contribution in [0.15, 0.2) is 11.6 Å². The molecule has 0 unspecified atom stereocenters. The lowest BCUT2D eigenvalue weighted by atomic mass is 9.77. The first-order valence-corrected chi connectivity index (χ1v) is 7.33. The molecule has 3 atom stereocenters.